The van der Waals surface area contributed by atoms with Gasteiger partial charge in [-0.2, -0.15) is 0 Å². The van der Waals surface area contributed by atoms with Gasteiger partial charge < -0.3 is 0 Å². The maximum Gasteiger partial charge on any atom is 0.172 e. The summed E-state index contributed by atoms with van der Waals surface area (Å²) in [6.07, 6.45) is 0. The molecule has 1 aliphatic rings. The van der Waals surface area contributed by atoms with Crippen molar-refractivity contribution >= 4 is 80.1 Å². The highest BCUT2D eigenvalue weighted by molar-refractivity contribution is 9.45. The van der Waals surface area contributed by atoms with Gasteiger partial charge in [-0.05, 0) is 46.5 Å². The molecule has 4 rings (SSSR count). The molecule has 0 saturated carbocycles. The second-order valence-electron chi connectivity index (χ2n) is 5.85. The summed E-state index contributed by atoms with van der Waals surface area (Å²) in [7, 11) is 0. The lowest BCUT2D eigenvalue weighted by atomic mass is 10.4. The van der Waals surface area contributed by atoms with Crippen molar-refractivity contribution < 1.29 is 0 Å². The van der Waals surface area contributed by atoms with Crippen LogP contribution >= 0.6 is 64.2 Å². The highest BCUT2D eigenvalue weighted by Gasteiger charge is 2.35. The SMILES string of the molecule is BrP1(c2ccccc2)=NP(Br)(c2ccccc2)=NP(Br)(c2ccccc2)=N1. The highest BCUT2D eigenvalue weighted by atomic mass is 79.9. The van der Waals surface area contributed by atoms with Crippen molar-refractivity contribution in [3.05, 3.63) is 91.0 Å². The van der Waals surface area contributed by atoms with E-state index in [1.807, 2.05) is 54.6 Å². The number of nitrogens with zero attached hydrogens (tertiary/aromatic N) is 3. The Kier molecular flexibility index (Phi) is 5.88. The number of halogens is 3. The second-order valence-corrected chi connectivity index (χ2v) is 21.6. The zero-order chi connectivity index (χ0) is 19.0. The van der Waals surface area contributed by atoms with Gasteiger partial charge in [-0.25, -0.2) is 13.5 Å². The molecule has 0 aromatic heterocycles. The third kappa shape index (κ3) is 4.08. The van der Waals surface area contributed by atoms with Crippen LogP contribution in [-0.2, 0) is 0 Å². The average molecular weight is 606 g/mol. The van der Waals surface area contributed by atoms with Crippen molar-refractivity contribution in [2.45, 2.75) is 0 Å². The van der Waals surface area contributed by atoms with Crippen LogP contribution in [0.4, 0.5) is 0 Å². The van der Waals surface area contributed by atoms with Crippen molar-refractivity contribution in [1.29, 1.82) is 0 Å². The van der Waals surface area contributed by atoms with Gasteiger partial charge in [0, 0.05) is 15.9 Å². The molecule has 1 aliphatic heterocycles. The van der Waals surface area contributed by atoms with Gasteiger partial charge in [0.05, 0.1) is 0 Å². The highest BCUT2D eigenvalue weighted by Crippen LogP contribution is 2.84. The topological polar surface area (TPSA) is 37.1 Å². The lowest BCUT2D eigenvalue weighted by Crippen LogP contribution is -2.06. The van der Waals surface area contributed by atoms with E-state index in [2.05, 4.69) is 82.9 Å². The summed E-state index contributed by atoms with van der Waals surface area (Å²) in [6.45, 7) is 0. The van der Waals surface area contributed by atoms with Gasteiger partial charge in [0.2, 0.25) is 0 Å². The molecule has 3 aromatic carbocycles. The van der Waals surface area contributed by atoms with E-state index in [-0.39, 0.29) is 0 Å². The molecule has 0 unspecified atom stereocenters. The average Bonchev–Trinajstić information content (AvgIpc) is 2.69. The van der Waals surface area contributed by atoms with Crippen molar-refractivity contribution in [2.75, 3.05) is 0 Å². The third-order valence-corrected chi connectivity index (χ3v) is 23.9. The van der Waals surface area contributed by atoms with Crippen LogP contribution < -0.4 is 15.9 Å². The van der Waals surface area contributed by atoms with Crippen molar-refractivity contribution in [3.8, 4) is 0 Å². The summed E-state index contributed by atoms with van der Waals surface area (Å²) in [4.78, 5) is 0. The second kappa shape index (κ2) is 7.90. The van der Waals surface area contributed by atoms with Crippen LogP contribution in [0.5, 0.6) is 0 Å². The maximum absolute atomic E-state index is 5.23. The van der Waals surface area contributed by atoms with Crippen LogP contribution in [0.1, 0.15) is 0 Å². The molecule has 27 heavy (non-hydrogen) atoms. The molecular formula is C18H15Br3N3P3. The molecule has 0 atom stereocenters. The summed E-state index contributed by atoms with van der Waals surface area (Å²) >= 11 is 11.9. The van der Waals surface area contributed by atoms with Gasteiger partial charge in [0.1, 0.15) is 0 Å². The van der Waals surface area contributed by atoms with Crippen LogP contribution in [0.25, 0.3) is 0 Å². The zero-order valence-corrected chi connectivity index (χ0v) is 21.4. The predicted molar refractivity (Wildman–Crippen MR) is 133 cm³/mol. The van der Waals surface area contributed by atoms with Crippen LogP contribution in [0.2, 0.25) is 0 Å². The number of hydrogen-bond donors (Lipinski definition) is 0. The molecule has 0 radical (unpaired) electrons. The van der Waals surface area contributed by atoms with Crippen LogP contribution in [0.3, 0.4) is 0 Å². The number of hydrogen-bond acceptors (Lipinski definition) is 3. The van der Waals surface area contributed by atoms with E-state index >= 15 is 0 Å². The van der Waals surface area contributed by atoms with E-state index < -0.39 is 17.7 Å². The fourth-order valence-electron chi connectivity index (χ4n) is 2.69. The molecule has 0 aliphatic carbocycles. The van der Waals surface area contributed by atoms with E-state index in [0.717, 1.165) is 15.9 Å². The summed E-state index contributed by atoms with van der Waals surface area (Å²) in [5, 5.41) is 3.29. The monoisotopic (exact) mass is 603 g/mol. The van der Waals surface area contributed by atoms with Crippen LogP contribution in [0, 0.1) is 0 Å². The van der Waals surface area contributed by atoms with Gasteiger partial charge in [0.15, 0.2) is 17.7 Å². The fourth-order valence-corrected chi connectivity index (χ4v) is 30.3. The van der Waals surface area contributed by atoms with E-state index in [1.165, 1.54) is 0 Å². The van der Waals surface area contributed by atoms with E-state index in [0.29, 0.717) is 0 Å². The van der Waals surface area contributed by atoms with E-state index in [9.17, 15) is 0 Å². The molecule has 9 heteroatoms. The summed E-state index contributed by atoms with van der Waals surface area (Å²) < 4.78 is 15.7. The quantitative estimate of drug-likeness (QED) is 0.270. The molecule has 0 fully saturated rings. The van der Waals surface area contributed by atoms with Gasteiger partial charge in [-0.15, -0.1) is 0 Å². The van der Waals surface area contributed by atoms with Crippen molar-refractivity contribution in [1.82, 2.24) is 0 Å². The molecule has 0 amide bonds. The van der Waals surface area contributed by atoms with Crippen LogP contribution in [0.15, 0.2) is 105 Å². The zero-order valence-electron chi connectivity index (χ0n) is 14.0. The summed E-state index contributed by atoms with van der Waals surface area (Å²) in [5.74, 6) is -6.95. The first kappa shape index (κ1) is 20.1. The standard InChI is InChI=1S/C18H15Br3N3P3/c19-25(16-10-4-1-5-11-16)22-26(20,17-12-6-2-7-13-17)24-27(21,23-25)18-14-8-3-9-15-18/h1-15H. The Morgan fingerprint density at radius 3 is 0.852 bits per heavy atom. The van der Waals surface area contributed by atoms with Gasteiger partial charge in [-0.3, -0.25) is 0 Å². The number of rotatable bonds is 3. The molecule has 0 bridgehead atoms. The lowest BCUT2D eigenvalue weighted by molar-refractivity contribution is 1.69. The summed E-state index contributed by atoms with van der Waals surface area (Å²) in [5.41, 5.74) is 0. The largest absolute Gasteiger partial charge is 0.211 e. The van der Waals surface area contributed by atoms with Gasteiger partial charge >= 0.3 is 0 Å². The van der Waals surface area contributed by atoms with E-state index in [1.54, 1.807) is 0 Å². The Bertz CT molecular complexity index is 971. The first-order chi connectivity index (χ1) is 12.9. The first-order valence-electron chi connectivity index (χ1n) is 8.11. The molecule has 0 spiro atoms. The molecule has 0 saturated heterocycles. The van der Waals surface area contributed by atoms with Crippen LogP contribution in [-0.4, -0.2) is 0 Å². The Hall–Kier alpha value is -0.210. The fraction of sp³-hybridized carbons (Fsp3) is 0. The minimum atomic E-state index is -2.32. The smallest absolute Gasteiger partial charge is 0.172 e. The molecule has 3 nitrogen and oxygen atoms in total. The van der Waals surface area contributed by atoms with Gasteiger partial charge in [0.25, 0.3) is 0 Å². The Morgan fingerprint density at radius 2 is 0.630 bits per heavy atom. The van der Waals surface area contributed by atoms with Gasteiger partial charge in [-0.1, -0.05) is 91.0 Å². The normalized spacial score (nSPS) is 29.9. The molecule has 0 N–H and O–H groups in total. The lowest BCUT2D eigenvalue weighted by Gasteiger charge is -2.29. The molecular weight excluding hydrogens is 591 g/mol. The Morgan fingerprint density at radius 1 is 0.407 bits per heavy atom. The number of benzene rings is 3. The van der Waals surface area contributed by atoms with E-state index in [4.69, 9.17) is 13.5 Å². The van der Waals surface area contributed by atoms with Crippen molar-refractivity contribution in [3.63, 3.8) is 0 Å². The first-order valence-corrected chi connectivity index (χ1v) is 19.2. The maximum atomic E-state index is 5.23. The molecule has 138 valence electrons. The minimum Gasteiger partial charge on any atom is -0.211 e. The summed E-state index contributed by atoms with van der Waals surface area (Å²) in [6, 6.07) is 30.8. The van der Waals surface area contributed by atoms with Crippen molar-refractivity contribution in [2.24, 2.45) is 13.5 Å². The minimum absolute atomic E-state index is 1.10. The Labute approximate surface area is 183 Å². The third-order valence-electron chi connectivity index (χ3n) is 3.97. The Balaban J connectivity index is 2.07. The predicted octanol–water partition coefficient (Wildman–Crippen LogP) is 8.25. The molecule has 3 aromatic rings. The molecule has 1 heterocycles.